The molecule has 0 aromatic heterocycles. The summed E-state index contributed by atoms with van der Waals surface area (Å²) in [4.78, 5) is 63.0. The molecule has 1 aromatic carbocycles. The fourth-order valence-electron chi connectivity index (χ4n) is 3.50. The largest absolute Gasteiger partial charge is 0.552 e. The number of carbonyl (C=O) groups is 5. The number of carboxylic acid groups (broad SMARTS) is 1. The number of hydrogen-bond donors (Lipinski definition) is 3. The number of amides is 3. The van der Waals surface area contributed by atoms with E-state index in [0.717, 1.165) is 0 Å². The average molecular weight is 544 g/mol. The number of carboxylic acids is 1. The van der Waals surface area contributed by atoms with Crippen LogP contribution >= 0.6 is 23.2 Å². The molecule has 1 heterocycles. The summed E-state index contributed by atoms with van der Waals surface area (Å²) < 4.78 is 10.9. The molecule has 1 unspecified atom stereocenters. The van der Waals surface area contributed by atoms with Crippen molar-refractivity contribution in [3.05, 3.63) is 33.8 Å². The fraction of sp³-hybridized carbons (Fsp3) is 0.500. The third kappa shape index (κ3) is 7.84. The zero-order chi connectivity index (χ0) is 27.2. The summed E-state index contributed by atoms with van der Waals surface area (Å²) in [6, 6.07) is 4.31. The first-order valence-electron chi connectivity index (χ1n) is 11.1. The number of benzene rings is 1. The molecule has 1 aromatic rings. The molecule has 0 aliphatic carbocycles. The summed E-state index contributed by atoms with van der Waals surface area (Å²) in [6.07, 6.45) is -1.02. The second kappa shape index (κ2) is 12.4. The molecule has 3 N–H and O–H groups in total. The Morgan fingerprint density at radius 2 is 1.89 bits per heavy atom. The molecule has 0 radical (unpaired) electrons. The van der Waals surface area contributed by atoms with Crippen LogP contribution in [0.5, 0.6) is 0 Å². The van der Waals surface area contributed by atoms with Crippen molar-refractivity contribution >= 4 is 60.0 Å². The monoisotopic (exact) mass is 543 g/mol. The second-order valence-electron chi connectivity index (χ2n) is 9.03. The van der Waals surface area contributed by atoms with Crippen LogP contribution in [0, 0.1) is 5.92 Å². The van der Waals surface area contributed by atoms with Crippen molar-refractivity contribution in [1.82, 2.24) is 15.5 Å². The molecule has 11 nitrogen and oxygen atoms in total. The number of nitrogens with zero attached hydrogens (tertiary/aromatic N) is 1. The van der Waals surface area contributed by atoms with E-state index in [-0.39, 0.29) is 27.9 Å². The van der Waals surface area contributed by atoms with E-state index in [0.29, 0.717) is 0 Å². The molecule has 14 heteroatoms. The molecule has 1 fully saturated rings. The lowest BCUT2D eigenvalue weighted by Crippen LogP contribution is -2.62. The Hall–Kier alpha value is -2.83. The molecule has 2 rings (SSSR count). The minimum Gasteiger partial charge on any atom is -0.508 e. The lowest BCUT2D eigenvalue weighted by Gasteiger charge is -2.38. The summed E-state index contributed by atoms with van der Waals surface area (Å²) >= 11 is 11.9. The van der Waals surface area contributed by atoms with Gasteiger partial charge >= 0.3 is 13.1 Å². The minimum absolute atomic E-state index is 0.0259. The molecule has 0 spiro atoms. The smallest absolute Gasteiger partial charge is 0.508 e. The van der Waals surface area contributed by atoms with Crippen LogP contribution in [0.25, 0.3) is 0 Å². The highest BCUT2D eigenvalue weighted by Crippen LogP contribution is 2.30. The Labute approximate surface area is 218 Å². The number of rotatable bonds is 10. The van der Waals surface area contributed by atoms with Gasteiger partial charge in [0.15, 0.2) is 5.60 Å². The normalized spacial score (nSPS) is 18.3. The van der Waals surface area contributed by atoms with E-state index >= 15 is 0 Å². The van der Waals surface area contributed by atoms with E-state index in [9.17, 15) is 29.1 Å². The van der Waals surface area contributed by atoms with Crippen molar-refractivity contribution in [3.63, 3.8) is 0 Å². The maximum absolute atomic E-state index is 12.7. The van der Waals surface area contributed by atoms with Gasteiger partial charge in [-0.1, -0.05) is 37.0 Å². The molecule has 2 atom stereocenters. The molecule has 0 bridgehead atoms. The van der Waals surface area contributed by atoms with Crippen molar-refractivity contribution in [2.24, 2.45) is 5.92 Å². The van der Waals surface area contributed by atoms with Gasteiger partial charge in [-0.3, -0.25) is 19.2 Å². The van der Waals surface area contributed by atoms with Crippen LogP contribution < -0.4 is 10.6 Å². The highest BCUT2D eigenvalue weighted by Gasteiger charge is 2.54. The molecule has 1 aliphatic heterocycles. The molecule has 3 amide bonds. The first-order valence-corrected chi connectivity index (χ1v) is 11.8. The van der Waals surface area contributed by atoms with E-state index in [1.165, 1.54) is 37.2 Å². The van der Waals surface area contributed by atoms with Crippen LogP contribution in [0.15, 0.2) is 18.2 Å². The summed E-state index contributed by atoms with van der Waals surface area (Å²) in [5.74, 6) is -5.21. The number of halogens is 2. The van der Waals surface area contributed by atoms with Gasteiger partial charge in [-0.05, 0) is 30.5 Å². The SMILES string of the molecule is CC(C)C[C@H](NC(=O)CNC(=O)c1cc(Cl)ccc1Cl)B1OC(=O)CC(CC(=O)N(C)C)(C(=O)O)O1. The topological polar surface area (TPSA) is 151 Å². The van der Waals surface area contributed by atoms with Crippen molar-refractivity contribution < 1.29 is 38.4 Å². The van der Waals surface area contributed by atoms with Gasteiger partial charge in [0.25, 0.3) is 11.9 Å². The van der Waals surface area contributed by atoms with E-state index in [4.69, 9.17) is 32.5 Å². The zero-order valence-corrected chi connectivity index (χ0v) is 21.8. The molecule has 1 saturated heterocycles. The van der Waals surface area contributed by atoms with Crippen LogP contribution in [-0.2, 0) is 28.5 Å². The van der Waals surface area contributed by atoms with Crippen molar-refractivity contribution in [1.29, 1.82) is 0 Å². The van der Waals surface area contributed by atoms with Crippen LogP contribution in [-0.4, -0.2) is 79.0 Å². The number of hydrogen-bond acceptors (Lipinski definition) is 7. The van der Waals surface area contributed by atoms with Crippen LogP contribution in [0.3, 0.4) is 0 Å². The van der Waals surface area contributed by atoms with Gasteiger partial charge in [-0.2, -0.15) is 0 Å². The van der Waals surface area contributed by atoms with Gasteiger partial charge in [0.1, 0.15) is 0 Å². The zero-order valence-electron chi connectivity index (χ0n) is 20.3. The predicted octanol–water partition coefficient (Wildman–Crippen LogP) is 1.55. The standard InChI is InChI=1S/C22H28BCl2N3O8/c1-12(2)7-16(27-17(29)11-26-20(32)14-8-13(24)5-6-15(14)25)23-35-19(31)10-22(36-23,21(33)34)9-18(30)28(3)4/h5-6,8,12,16H,7,9-11H2,1-4H3,(H,26,32)(H,27,29)(H,33,34)/t16-,22?/m0/s1. The van der Waals surface area contributed by atoms with Crippen LogP contribution in [0.1, 0.15) is 43.5 Å². The summed E-state index contributed by atoms with van der Waals surface area (Å²) in [7, 11) is 1.42. The summed E-state index contributed by atoms with van der Waals surface area (Å²) in [6.45, 7) is 3.22. The number of carbonyl (C=O) groups excluding carboxylic acids is 4. The number of aliphatic carboxylic acids is 1. The van der Waals surface area contributed by atoms with Crippen LogP contribution in [0.4, 0.5) is 0 Å². The number of nitrogens with one attached hydrogen (secondary N) is 2. The van der Waals surface area contributed by atoms with Gasteiger partial charge in [0, 0.05) is 19.1 Å². The minimum atomic E-state index is -2.15. The van der Waals surface area contributed by atoms with E-state index < -0.39 is 67.7 Å². The average Bonchev–Trinajstić information content (AvgIpc) is 2.77. The van der Waals surface area contributed by atoms with Gasteiger partial charge < -0.3 is 29.9 Å². The Morgan fingerprint density at radius 3 is 2.47 bits per heavy atom. The molecular weight excluding hydrogens is 516 g/mol. The first-order chi connectivity index (χ1) is 16.7. The van der Waals surface area contributed by atoms with Gasteiger partial charge in [0.2, 0.25) is 11.8 Å². The van der Waals surface area contributed by atoms with Gasteiger partial charge in [-0.25, -0.2) is 4.79 Å². The van der Waals surface area contributed by atoms with E-state index in [1.807, 2.05) is 13.8 Å². The molecule has 1 aliphatic rings. The van der Waals surface area contributed by atoms with E-state index in [2.05, 4.69) is 10.6 Å². The third-order valence-corrected chi connectivity index (χ3v) is 5.89. The molecule has 0 saturated carbocycles. The van der Waals surface area contributed by atoms with Gasteiger partial charge in [-0.15, -0.1) is 0 Å². The Morgan fingerprint density at radius 1 is 1.22 bits per heavy atom. The van der Waals surface area contributed by atoms with Crippen molar-refractivity contribution in [3.8, 4) is 0 Å². The molecule has 36 heavy (non-hydrogen) atoms. The lowest BCUT2D eigenvalue weighted by molar-refractivity contribution is -0.173. The lowest BCUT2D eigenvalue weighted by atomic mass is 9.70. The Kier molecular flexibility index (Phi) is 10.1. The maximum Gasteiger partial charge on any atom is 0.552 e. The molecule has 196 valence electrons. The van der Waals surface area contributed by atoms with E-state index in [1.54, 1.807) is 0 Å². The predicted molar refractivity (Wildman–Crippen MR) is 131 cm³/mol. The summed E-state index contributed by atoms with van der Waals surface area (Å²) in [5.41, 5.74) is -2.07. The highest BCUT2D eigenvalue weighted by molar-refractivity contribution is 6.50. The third-order valence-electron chi connectivity index (χ3n) is 5.33. The Balaban J connectivity index is 2.16. The fourth-order valence-corrected chi connectivity index (χ4v) is 3.87. The van der Waals surface area contributed by atoms with Crippen molar-refractivity contribution in [2.45, 2.75) is 44.7 Å². The van der Waals surface area contributed by atoms with Crippen molar-refractivity contribution in [2.75, 3.05) is 20.6 Å². The first kappa shape index (κ1) is 29.4. The summed E-state index contributed by atoms with van der Waals surface area (Å²) in [5, 5.41) is 15.3. The quantitative estimate of drug-likeness (QED) is 0.376. The second-order valence-corrected chi connectivity index (χ2v) is 9.87. The maximum atomic E-state index is 12.7. The van der Waals surface area contributed by atoms with Crippen LogP contribution in [0.2, 0.25) is 10.0 Å². The Bertz CT molecular complexity index is 1040. The molecular formula is C22H28BCl2N3O8. The highest BCUT2D eigenvalue weighted by atomic mass is 35.5. The van der Waals surface area contributed by atoms with Gasteiger partial charge in [0.05, 0.1) is 35.9 Å².